The molecule has 0 unspecified atom stereocenters. The number of halogens is 1. The maximum absolute atomic E-state index is 13.7. The summed E-state index contributed by atoms with van der Waals surface area (Å²) in [5, 5.41) is 2.89. The maximum atomic E-state index is 13.7. The Morgan fingerprint density at radius 3 is 2.41 bits per heavy atom. The van der Waals surface area contributed by atoms with Crippen LogP contribution in [0.1, 0.15) is 12.5 Å². The van der Waals surface area contributed by atoms with Gasteiger partial charge in [-0.2, -0.15) is 0 Å². The van der Waals surface area contributed by atoms with Crippen LogP contribution in [0, 0.1) is 6.92 Å². The Kier molecular flexibility index (Phi) is 7.11. The van der Waals surface area contributed by atoms with E-state index in [4.69, 9.17) is 11.6 Å². The normalized spacial score (nSPS) is 12.3. The van der Waals surface area contributed by atoms with Crippen LogP contribution in [0.3, 0.4) is 0 Å². The van der Waals surface area contributed by atoms with Crippen molar-refractivity contribution in [2.75, 3.05) is 5.32 Å². The molecule has 0 saturated carbocycles. The van der Waals surface area contributed by atoms with Gasteiger partial charge in [-0.25, -0.2) is 17.4 Å². The van der Waals surface area contributed by atoms with Crippen molar-refractivity contribution in [1.29, 1.82) is 0 Å². The molecule has 1 N–H and O–H groups in total. The van der Waals surface area contributed by atoms with Crippen molar-refractivity contribution >= 4 is 45.0 Å². The van der Waals surface area contributed by atoms with E-state index in [-0.39, 0.29) is 16.0 Å². The Morgan fingerprint density at radius 2 is 1.74 bits per heavy atom. The third-order valence-corrected chi connectivity index (χ3v) is 8.20. The third kappa shape index (κ3) is 5.19. The fraction of sp³-hybridized carbons (Fsp3) is 0.120. The van der Waals surface area contributed by atoms with Crippen LogP contribution in [0.5, 0.6) is 0 Å². The van der Waals surface area contributed by atoms with Gasteiger partial charge in [0.2, 0.25) is 5.91 Å². The average molecular weight is 512 g/mol. The number of rotatable bonds is 7. The average Bonchev–Trinajstić information content (AvgIpc) is 3.24. The molecule has 1 amide bonds. The van der Waals surface area contributed by atoms with Crippen LogP contribution >= 0.6 is 23.4 Å². The van der Waals surface area contributed by atoms with Crippen LogP contribution in [-0.4, -0.2) is 28.5 Å². The molecule has 4 rings (SSSR count). The molecule has 1 aromatic heterocycles. The smallest absolute Gasteiger partial charge is 0.270 e. The lowest BCUT2D eigenvalue weighted by Gasteiger charge is -2.16. The van der Waals surface area contributed by atoms with Crippen molar-refractivity contribution in [1.82, 2.24) is 8.96 Å². The summed E-state index contributed by atoms with van der Waals surface area (Å²) in [6.45, 7) is 3.59. The van der Waals surface area contributed by atoms with Crippen LogP contribution in [0.4, 0.5) is 5.69 Å². The largest absolute Gasteiger partial charge is 0.325 e. The fourth-order valence-electron chi connectivity index (χ4n) is 3.27. The predicted octanol–water partition coefficient (Wildman–Crippen LogP) is 5.87. The third-order valence-electron chi connectivity index (χ3n) is 5.06. The number of hydrogen-bond donors (Lipinski definition) is 1. The Morgan fingerprint density at radius 1 is 1.03 bits per heavy atom. The first-order valence-corrected chi connectivity index (χ1v) is 13.1. The van der Waals surface area contributed by atoms with Gasteiger partial charge in [0.05, 0.1) is 22.0 Å². The minimum absolute atomic E-state index is 0.145. The van der Waals surface area contributed by atoms with Crippen LogP contribution in [0.2, 0.25) is 5.02 Å². The highest BCUT2D eigenvalue weighted by atomic mass is 35.5. The Bertz CT molecular complexity index is 1420. The Balaban J connectivity index is 1.71. The van der Waals surface area contributed by atoms with Crippen molar-refractivity contribution in [3.63, 3.8) is 0 Å². The molecule has 0 aliphatic rings. The van der Waals surface area contributed by atoms with Crippen molar-refractivity contribution < 1.29 is 13.2 Å². The number of benzene rings is 3. The minimum atomic E-state index is -3.97. The summed E-state index contributed by atoms with van der Waals surface area (Å²) in [4.78, 5) is 17.3. The zero-order valence-electron chi connectivity index (χ0n) is 18.5. The molecule has 0 spiro atoms. The number of carbonyl (C=O) groups is 1. The summed E-state index contributed by atoms with van der Waals surface area (Å²) in [7, 11) is -3.97. The standard InChI is InChI=1S/C25H22ClN3O3S2/c1-17-11-13-22(14-12-17)34(31,32)29-23(19-7-4-3-5-8-19)16-27-25(29)33-18(2)24(30)28-21-10-6-9-20(26)15-21/h3-16,18H,1-2H3,(H,28,30)/t18-/m1/s1. The highest BCUT2D eigenvalue weighted by molar-refractivity contribution is 8.01. The topological polar surface area (TPSA) is 81.1 Å². The molecular weight excluding hydrogens is 490 g/mol. The zero-order chi connectivity index (χ0) is 24.3. The Hall–Kier alpha value is -3.07. The van der Waals surface area contributed by atoms with Crippen LogP contribution < -0.4 is 5.32 Å². The molecule has 0 aliphatic heterocycles. The second kappa shape index (κ2) is 10.0. The van der Waals surface area contributed by atoms with E-state index in [1.165, 1.54) is 10.2 Å². The van der Waals surface area contributed by atoms with E-state index < -0.39 is 15.3 Å². The van der Waals surface area contributed by atoms with Gasteiger partial charge in [0.15, 0.2) is 5.16 Å². The molecule has 0 fully saturated rings. The van der Waals surface area contributed by atoms with E-state index in [9.17, 15) is 13.2 Å². The fourth-order valence-corrected chi connectivity index (χ4v) is 6.03. The molecule has 34 heavy (non-hydrogen) atoms. The monoisotopic (exact) mass is 511 g/mol. The van der Waals surface area contributed by atoms with E-state index in [1.54, 1.807) is 55.5 Å². The van der Waals surface area contributed by atoms with Crippen molar-refractivity contribution in [2.24, 2.45) is 0 Å². The highest BCUT2D eigenvalue weighted by Gasteiger charge is 2.28. The lowest BCUT2D eigenvalue weighted by atomic mass is 10.2. The van der Waals surface area contributed by atoms with E-state index in [0.29, 0.717) is 22.0 Å². The summed E-state index contributed by atoms with van der Waals surface area (Å²) in [6, 6.07) is 22.6. The number of amides is 1. The van der Waals surface area contributed by atoms with Gasteiger partial charge in [-0.15, -0.1) is 0 Å². The van der Waals surface area contributed by atoms with Crippen LogP contribution in [0.25, 0.3) is 11.3 Å². The number of carbonyl (C=O) groups excluding carboxylic acids is 1. The molecule has 4 aromatic rings. The molecule has 1 atom stereocenters. The highest BCUT2D eigenvalue weighted by Crippen LogP contribution is 2.33. The van der Waals surface area contributed by atoms with Gasteiger partial charge in [-0.1, -0.05) is 77.5 Å². The number of aryl methyl sites for hydroxylation is 1. The van der Waals surface area contributed by atoms with E-state index in [2.05, 4.69) is 10.3 Å². The quantitative estimate of drug-likeness (QED) is 0.314. The lowest BCUT2D eigenvalue weighted by Crippen LogP contribution is -2.24. The summed E-state index contributed by atoms with van der Waals surface area (Å²) in [5.74, 6) is -0.296. The first kappa shape index (κ1) is 24.1. The second-order valence-corrected chi connectivity index (χ2v) is 11.2. The van der Waals surface area contributed by atoms with Gasteiger partial charge in [0.1, 0.15) is 0 Å². The van der Waals surface area contributed by atoms with Gasteiger partial charge in [-0.3, -0.25) is 4.79 Å². The first-order valence-electron chi connectivity index (χ1n) is 10.4. The molecule has 0 bridgehead atoms. The van der Waals surface area contributed by atoms with Crippen molar-refractivity contribution in [3.05, 3.63) is 95.6 Å². The van der Waals surface area contributed by atoms with Gasteiger partial charge in [0.25, 0.3) is 10.0 Å². The minimum Gasteiger partial charge on any atom is -0.325 e. The van der Waals surface area contributed by atoms with Gasteiger partial charge >= 0.3 is 0 Å². The number of aromatic nitrogens is 2. The summed E-state index contributed by atoms with van der Waals surface area (Å²) in [5.41, 5.74) is 2.64. The number of imidazole rings is 1. The van der Waals surface area contributed by atoms with Crippen LogP contribution in [0.15, 0.2) is 95.1 Å². The first-order chi connectivity index (χ1) is 16.3. The number of anilines is 1. The molecular formula is C25H22ClN3O3S2. The van der Waals surface area contributed by atoms with E-state index >= 15 is 0 Å². The lowest BCUT2D eigenvalue weighted by molar-refractivity contribution is -0.115. The van der Waals surface area contributed by atoms with Gasteiger partial charge < -0.3 is 5.32 Å². The number of hydrogen-bond acceptors (Lipinski definition) is 5. The summed E-state index contributed by atoms with van der Waals surface area (Å²) >= 11 is 7.07. The molecule has 3 aromatic carbocycles. The molecule has 6 nitrogen and oxygen atoms in total. The van der Waals surface area contributed by atoms with Crippen molar-refractivity contribution in [2.45, 2.75) is 29.1 Å². The number of nitrogens with zero attached hydrogens (tertiary/aromatic N) is 2. The van der Waals surface area contributed by atoms with E-state index in [1.807, 2.05) is 37.3 Å². The SMILES string of the molecule is Cc1ccc(S(=O)(=O)n2c(-c3ccccc3)cnc2S[C@H](C)C(=O)Nc2cccc(Cl)c2)cc1. The maximum Gasteiger partial charge on any atom is 0.270 e. The second-order valence-electron chi connectivity index (χ2n) is 7.63. The van der Waals surface area contributed by atoms with Crippen molar-refractivity contribution in [3.8, 4) is 11.3 Å². The molecule has 0 aliphatic carbocycles. The molecule has 0 radical (unpaired) electrons. The zero-order valence-corrected chi connectivity index (χ0v) is 20.9. The number of nitrogens with one attached hydrogen (secondary N) is 1. The summed E-state index contributed by atoms with van der Waals surface area (Å²) < 4.78 is 28.6. The summed E-state index contributed by atoms with van der Waals surface area (Å²) in [6.07, 6.45) is 1.52. The molecule has 174 valence electrons. The molecule has 1 heterocycles. The van der Waals surface area contributed by atoms with Crippen LogP contribution in [-0.2, 0) is 14.8 Å². The molecule has 0 saturated heterocycles. The van der Waals surface area contributed by atoms with Gasteiger partial charge in [-0.05, 0) is 44.2 Å². The Labute approximate surface area is 208 Å². The molecule has 9 heteroatoms. The van der Waals surface area contributed by atoms with E-state index in [0.717, 1.165) is 17.3 Å². The number of thioether (sulfide) groups is 1. The van der Waals surface area contributed by atoms with Gasteiger partial charge in [0, 0.05) is 16.3 Å². The predicted molar refractivity (Wildman–Crippen MR) is 137 cm³/mol.